The van der Waals surface area contributed by atoms with Gasteiger partial charge in [0, 0.05) is 11.8 Å². The van der Waals surface area contributed by atoms with Crippen LogP contribution < -0.4 is 0 Å². The molecule has 0 amide bonds. The molecule has 0 saturated heterocycles. The zero-order valence-electron chi connectivity index (χ0n) is 12.4. The van der Waals surface area contributed by atoms with E-state index in [2.05, 4.69) is 34.6 Å². The molecule has 1 aliphatic carbocycles. The molecule has 0 radical (unpaired) electrons. The molecule has 0 aromatic carbocycles. The van der Waals surface area contributed by atoms with Crippen molar-refractivity contribution < 1.29 is 4.79 Å². The van der Waals surface area contributed by atoms with Crippen LogP contribution in [-0.4, -0.2) is 5.78 Å². The quantitative estimate of drug-likeness (QED) is 0.684. The third kappa shape index (κ3) is 4.12. The van der Waals surface area contributed by atoms with E-state index in [0.717, 1.165) is 31.6 Å². The van der Waals surface area contributed by atoms with Crippen LogP contribution in [0.2, 0.25) is 0 Å². The number of Topliss-reactive ketones (excluding diaryl/α,β-unsaturated/α-hetero) is 1. The number of ketones is 1. The first-order valence-electron chi connectivity index (χ1n) is 7.40. The average molecular weight is 238 g/mol. The molecule has 1 atom stereocenters. The van der Waals surface area contributed by atoms with Crippen LogP contribution in [0.1, 0.15) is 73.1 Å². The normalized spacial score (nSPS) is 27.8. The van der Waals surface area contributed by atoms with Crippen molar-refractivity contribution in [2.45, 2.75) is 73.1 Å². The maximum atomic E-state index is 12.2. The first kappa shape index (κ1) is 14.7. The van der Waals surface area contributed by atoms with Crippen molar-refractivity contribution in [3.63, 3.8) is 0 Å². The molecule has 1 unspecified atom stereocenters. The van der Waals surface area contributed by atoms with Gasteiger partial charge in [-0.1, -0.05) is 41.0 Å². The summed E-state index contributed by atoms with van der Waals surface area (Å²) in [7, 11) is 0. The predicted octanol–water partition coefficient (Wildman–Crippen LogP) is 4.84. The van der Waals surface area contributed by atoms with Crippen LogP contribution in [0.5, 0.6) is 0 Å². The van der Waals surface area contributed by atoms with Gasteiger partial charge in [0.2, 0.25) is 0 Å². The van der Waals surface area contributed by atoms with E-state index in [0.29, 0.717) is 17.1 Å². The summed E-state index contributed by atoms with van der Waals surface area (Å²) in [5.74, 6) is 2.01. The summed E-state index contributed by atoms with van der Waals surface area (Å²) >= 11 is 0. The van der Waals surface area contributed by atoms with E-state index < -0.39 is 0 Å². The van der Waals surface area contributed by atoms with Gasteiger partial charge in [0.05, 0.1) is 0 Å². The highest BCUT2D eigenvalue weighted by atomic mass is 16.1. The van der Waals surface area contributed by atoms with Crippen LogP contribution in [0.25, 0.3) is 0 Å². The Balaban J connectivity index is 2.44. The average Bonchev–Trinajstić information content (AvgIpc) is 2.27. The predicted molar refractivity (Wildman–Crippen MR) is 74.0 cm³/mol. The van der Waals surface area contributed by atoms with Gasteiger partial charge in [-0.25, -0.2) is 0 Å². The van der Waals surface area contributed by atoms with Crippen molar-refractivity contribution in [2.24, 2.45) is 23.2 Å². The third-order valence-corrected chi connectivity index (χ3v) is 4.56. The molecule has 0 spiro atoms. The summed E-state index contributed by atoms with van der Waals surface area (Å²) in [5, 5.41) is 0. The number of carbonyl (C=O) groups is 1. The molecule has 1 fully saturated rings. The van der Waals surface area contributed by atoms with Crippen molar-refractivity contribution in [2.75, 3.05) is 0 Å². The Morgan fingerprint density at radius 1 is 1.18 bits per heavy atom. The third-order valence-electron chi connectivity index (χ3n) is 4.56. The summed E-state index contributed by atoms with van der Waals surface area (Å²) in [4.78, 5) is 12.2. The SMILES string of the molecule is CCCC(C)C(=O)C1CCC(C(C)(C)C)CC1. The van der Waals surface area contributed by atoms with E-state index in [1.807, 2.05) is 0 Å². The minimum Gasteiger partial charge on any atom is -0.299 e. The monoisotopic (exact) mass is 238 g/mol. The zero-order valence-corrected chi connectivity index (χ0v) is 12.4. The largest absolute Gasteiger partial charge is 0.299 e. The fourth-order valence-corrected chi connectivity index (χ4v) is 3.22. The van der Waals surface area contributed by atoms with Gasteiger partial charge < -0.3 is 0 Å². The second kappa shape index (κ2) is 6.02. The molecule has 0 bridgehead atoms. The summed E-state index contributed by atoms with van der Waals surface area (Å²) < 4.78 is 0. The molecule has 17 heavy (non-hydrogen) atoms. The highest BCUT2D eigenvalue weighted by Gasteiger charge is 2.33. The van der Waals surface area contributed by atoms with Crippen LogP contribution >= 0.6 is 0 Å². The summed E-state index contributed by atoms with van der Waals surface area (Å²) in [6.45, 7) is 11.3. The smallest absolute Gasteiger partial charge is 0.138 e. The molecule has 0 heterocycles. The fraction of sp³-hybridized carbons (Fsp3) is 0.938. The Kier molecular flexibility index (Phi) is 5.22. The van der Waals surface area contributed by atoms with Crippen molar-refractivity contribution in [1.82, 2.24) is 0 Å². The maximum absolute atomic E-state index is 12.2. The highest BCUT2D eigenvalue weighted by Crippen LogP contribution is 2.40. The minimum absolute atomic E-state index is 0.288. The molecule has 1 nitrogen and oxygen atoms in total. The van der Waals surface area contributed by atoms with Crippen LogP contribution in [0.15, 0.2) is 0 Å². The van der Waals surface area contributed by atoms with Crippen LogP contribution in [-0.2, 0) is 4.79 Å². The van der Waals surface area contributed by atoms with E-state index in [-0.39, 0.29) is 5.92 Å². The molecule has 0 aromatic rings. The molecule has 0 aromatic heterocycles. The van der Waals surface area contributed by atoms with Gasteiger partial charge in [-0.2, -0.15) is 0 Å². The fourth-order valence-electron chi connectivity index (χ4n) is 3.22. The lowest BCUT2D eigenvalue weighted by molar-refractivity contribution is -0.128. The Bertz CT molecular complexity index is 241. The number of rotatable bonds is 4. The molecule has 100 valence electrons. The van der Waals surface area contributed by atoms with E-state index in [4.69, 9.17) is 0 Å². The first-order chi connectivity index (χ1) is 7.86. The minimum atomic E-state index is 0.288. The molecule has 0 N–H and O–H groups in total. The van der Waals surface area contributed by atoms with E-state index in [9.17, 15) is 4.79 Å². The van der Waals surface area contributed by atoms with Crippen LogP contribution in [0.3, 0.4) is 0 Å². The van der Waals surface area contributed by atoms with Gasteiger partial charge in [-0.05, 0) is 43.4 Å². The van der Waals surface area contributed by atoms with Crippen molar-refractivity contribution >= 4 is 5.78 Å². The van der Waals surface area contributed by atoms with E-state index in [1.165, 1.54) is 12.8 Å². The number of hydrogen-bond donors (Lipinski definition) is 0. The van der Waals surface area contributed by atoms with E-state index >= 15 is 0 Å². The van der Waals surface area contributed by atoms with Crippen molar-refractivity contribution in [3.8, 4) is 0 Å². The standard InChI is InChI=1S/C16H30O/c1-6-7-12(2)15(17)13-8-10-14(11-9-13)16(3,4)5/h12-14H,6-11H2,1-5H3. The second-order valence-electron chi connectivity index (χ2n) is 7.01. The Morgan fingerprint density at radius 3 is 2.12 bits per heavy atom. The van der Waals surface area contributed by atoms with Gasteiger partial charge in [0.15, 0.2) is 0 Å². The number of hydrogen-bond acceptors (Lipinski definition) is 1. The zero-order chi connectivity index (χ0) is 13.1. The topological polar surface area (TPSA) is 17.1 Å². The van der Waals surface area contributed by atoms with Crippen molar-refractivity contribution in [1.29, 1.82) is 0 Å². The highest BCUT2D eigenvalue weighted by molar-refractivity contribution is 5.83. The van der Waals surface area contributed by atoms with Gasteiger partial charge in [-0.3, -0.25) is 4.79 Å². The van der Waals surface area contributed by atoms with Gasteiger partial charge in [-0.15, -0.1) is 0 Å². The summed E-state index contributed by atoms with van der Waals surface area (Å²) in [5.41, 5.74) is 0.420. The number of carbonyl (C=O) groups excluding carboxylic acids is 1. The lowest BCUT2D eigenvalue weighted by Crippen LogP contribution is -2.30. The van der Waals surface area contributed by atoms with Crippen molar-refractivity contribution in [3.05, 3.63) is 0 Å². The lowest BCUT2D eigenvalue weighted by Gasteiger charge is -2.37. The van der Waals surface area contributed by atoms with Gasteiger partial charge in [0.1, 0.15) is 5.78 Å². The first-order valence-corrected chi connectivity index (χ1v) is 7.40. The Labute approximate surface area is 107 Å². The Hall–Kier alpha value is -0.330. The molecular weight excluding hydrogens is 208 g/mol. The lowest BCUT2D eigenvalue weighted by atomic mass is 9.68. The molecule has 1 saturated carbocycles. The maximum Gasteiger partial charge on any atom is 0.138 e. The summed E-state index contributed by atoms with van der Waals surface area (Å²) in [6, 6.07) is 0. The van der Waals surface area contributed by atoms with Crippen LogP contribution in [0.4, 0.5) is 0 Å². The molecule has 0 aliphatic heterocycles. The molecular formula is C16H30O. The summed E-state index contributed by atoms with van der Waals surface area (Å²) in [6.07, 6.45) is 6.96. The van der Waals surface area contributed by atoms with Gasteiger partial charge >= 0.3 is 0 Å². The Morgan fingerprint density at radius 2 is 1.71 bits per heavy atom. The van der Waals surface area contributed by atoms with Gasteiger partial charge in [0.25, 0.3) is 0 Å². The second-order valence-corrected chi connectivity index (χ2v) is 7.01. The molecule has 1 heteroatoms. The van der Waals surface area contributed by atoms with E-state index in [1.54, 1.807) is 0 Å². The molecule has 1 aliphatic rings. The van der Waals surface area contributed by atoms with Crippen LogP contribution in [0, 0.1) is 23.2 Å². The molecule has 1 rings (SSSR count).